The highest BCUT2D eigenvalue weighted by Crippen LogP contribution is 2.51. The molecule has 6 rings (SSSR count). The van der Waals surface area contributed by atoms with Crippen LogP contribution < -0.4 is 34.5 Å². The van der Waals surface area contributed by atoms with Gasteiger partial charge >= 0.3 is 0 Å². The molecule has 0 aliphatic heterocycles. The summed E-state index contributed by atoms with van der Waals surface area (Å²) < 4.78 is 39.1. The number of hydrogen-bond donors (Lipinski definition) is 2. The first-order valence-electron chi connectivity index (χ1n) is 13.9. The molecule has 2 aromatic heterocycles. The molecule has 0 unspecified atom stereocenters. The second-order valence-electron chi connectivity index (χ2n) is 10.1. The van der Waals surface area contributed by atoms with Gasteiger partial charge in [-0.2, -0.15) is 0 Å². The molecule has 46 heavy (non-hydrogen) atoms. The standard InChI is InChI=1S/C35H28O11/c1-40-19-9-6-17(7-10-19)23-13-20(36)30-28(45-23)15-26(43-4)32(34(30)38)33-27(44-5)16-29-31(35(33)39)21(37)14-24(46-29)18-8-11-22(41-2)25(12-18)42-3/h6-16,38-39H,1-5H3. The Bertz CT molecular complexity index is 2250. The fourth-order valence-corrected chi connectivity index (χ4v) is 5.39. The van der Waals surface area contributed by atoms with Gasteiger partial charge in [-0.3, -0.25) is 9.59 Å². The summed E-state index contributed by atoms with van der Waals surface area (Å²) in [6.45, 7) is 0. The Kier molecular flexibility index (Phi) is 7.66. The van der Waals surface area contributed by atoms with Gasteiger partial charge in [-0.15, -0.1) is 0 Å². The van der Waals surface area contributed by atoms with Gasteiger partial charge in [0.1, 0.15) is 62.2 Å². The van der Waals surface area contributed by atoms with Gasteiger partial charge in [0, 0.05) is 35.4 Å². The maximum Gasteiger partial charge on any atom is 0.197 e. The Morgan fingerprint density at radius 3 is 1.41 bits per heavy atom. The highest BCUT2D eigenvalue weighted by Gasteiger charge is 2.28. The Hall–Kier alpha value is -6.10. The van der Waals surface area contributed by atoms with Gasteiger partial charge in [-0.25, -0.2) is 0 Å². The van der Waals surface area contributed by atoms with Crippen molar-refractivity contribution in [3.63, 3.8) is 0 Å². The van der Waals surface area contributed by atoms with Crippen molar-refractivity contribution < 1.29 is 42.7 Å². The van der Waals surface area contributed by atoms with Crippen molar-refractivity contribution in [2.75, 3.05) is 35.5 Å². The maximum atomic E-state index is 13.5. The minimum Gasteiger partial charge on any atom is -0.506 e. The van der Waals surface area contributed by atoms with Gasteiger partial charge in [0.05, 0.1) is 46.7 Å². The number of ether oxygens (including phenoxy) is 5. The van der Waals surface area contributed by atoms with Crippen LogP contribution in [-0.4, -0.2) is 45.8 Å². The number of fused-ring (bicyclic) bond motifs is 2. The predicted octanol–water partition coefficient (Wildman–Crippen LogP) is 6.35. The van der Waals surface area contributed by atoms with Crippen molar-refractivity contribution in [3.05, 3.63) is 87.2 Å². The number of benzene rings is 4. The summed E-state index contributed by atoms with van der Waals surface area (Å²) in [7, 11) is 7.24. The van der Waals surface area contributed by atoms with E-state index in [9.17, 15) is 19.8 Å². The molecular formula is C35H28O11. The number of aromatic hydroxyl groups is 2. The first-order chi connectivity index (χ1) is 22.2. The molecule has 11 heteroatoms. The average molecular weight is 625 g/mol. The highest BCUT2D eigenvalue weighted by atomic mass is 16.5. The summed E-state index contributed by atoms with van der Waals surface area (Å²) in [6.07, 6.45) is 0. The topological polar surface area (TPSA) is 147 Å². The third kappa shape index (κ3) is 4.87. The first-order valence-corrected chi connectivity index (χ1v) is 13.9. The van der Waals surface area contributed by atoms with Gasteiger partial charge < -0.3 is 42.7 Å². The monoisotopic (exact) mass is 624 g/mol. The van der Waals surface area contributed by atoms with Crippen LogP contribution in [0.3, 0.4) is 0 Å². The third-order valence-electron chi connectivity index (χ3n) is 7.65. The van der Waals surface area contributed by atoms with Crippen LogP contribution in [-0.2, 0) is 0 Å². The second-order valence-corrected chi connectivity index (χ2v) is 10.1. The Morgan fingerprint density at radius 2 is 0.957 bits per heavy atom. The van der Waals surface area contributed by atoms with E-state index in [2.05, 4.69) is 0 Å². The number of methoxy groups -OCH3 is 5. The summed E-state index contributed by atoms with van der Waals surface area (Å²) >= 11 is 0. The van der Waals surface area contributed by atoms with E-state index in [1.165, 1.54) is 52.7 Å². The van der Waals surface area contributed by atoms with Crippen LogP contribution in [0.25, 0.3) is 55.7 Å². The van der Waals surface area contributed by atoms with Gasteiger partial charge in [0.25, 0.3) is 0 Å². The van der Waals surface area contributed by atoms with Crippen molar-refractivity contribution in [2.45, 2.75) is 0 Å². The summed E-state index contributed by atoms with van der Waals surface area (Å²) in [4.78, 5) is 26.9. The number of hydrogen-bond acceptors (Lipinski definition) is 11. The first kappa shape index (κ1) is 29.9. The van der Waals surface area contributed by atoms with E-state index >= 15 is 0 Å². The second kappa shape index (κ2) is 11.8. The Labute approximate surface area is 261 Å². The van der Waals surface area contributed by atoms with Crippen molar-refractivity contribution in [2.24, 2.45) is 0 Å². The molecule has 0 saturated heterocycles. The molecule has 0 spiro atoms. The molecule has 0 atom stereocenters. The number of phenols is 2. The lowest BCUT2D eigenvalue weighted by Crippen LogP contribution is -2.05. The molecule has 4 aromatic carbocycles. The van der Waals surface area contributed by atoms with E-state index < -0.39 is 22.4 Å². The molecule has 0 radical (unpaired) electrons. The molecule has 0 aliphatic carbocycles. The zero-order valence-corrected chi connectivity index (χ0v) is 25.4. The van der Waals surface area contributed by atoms with Gasteiger partial charge in [-0.05, 0) is 42.5 Å². The van der Waals surface area contributed by atoms with E-state index in [1.807, 2.05) is 0 Å². The lowest BCUT2D eigenvalue weighted by atomic mass is 9.96. The Morgan fingerprint density at radius 1 is 0.500 bits per heavy atom. The lowest BCUT2D eigenvalue weighted by molar-refractivity contribution is 0.355. The van der Waals surface area contributed by atoms with Crippen molar-refractivity contribution in [1.29, 1.82) is 0 Å². The predicted molar refractivity (Wildman–Crippen MR) is 171 cm³/mol. The van der Waals surface area contributed by atoms with Crippen LogP contribution >= 0.6 is 0 Å². The molecule has 0 bridgehead atoms. The SMILES string of the molecule is COc1ccc(-c2cc(=O)c3c(O)c(-c4c(OC)cc5oc(-c6ccc(OC)c(OC)c6)cc(=O)c5c4O)c(OC)cc3o2)cc1. The summed E-state index contributed by atoms with van der Waals surface area (Å²) in [5.74, 6) is 0.993. The third-order valence-corrected chi connectivity index (χ3v) is 7.65. The van der Waals surface area contributed by atoms with Crippen LogP contribution in [0.1, 0.15) is 0 Å². The van der Waals surface area contributed by atoms with Crippen LogP contribution in [0.2, 0.25) is 0 Å². The molecule has 2 heterocycles. The number of phenolic OH excluding ortho intramolecular Hbond substituents is 2. The maximum absolute atomic E-state index is 13.5. The van der Waals surface area contributed by atoms with Crippen LogP contribution in [0.5, 0.6) is 40.2 Å². The van der Waals surface area contributed by atoms with Crippen molar-refractivity contribution in [3.8, 4) is 74.0 Å². The molecule has 0 fully saturated rings. The van der Waals surface area contributed by atoms with Crippen LogP contribution in [0.15, 0.2) is 85.2 Å². The van der Waals surface area contributed by atoms with E-state index in [-0.39, 0.29) is 56.1 Å². The van der Waals surface area contributed by atoms with Crippen LogP contribution in [0.4, 0.5) is 0 Å². The van der Waals surface area contributed by atoms with Gasteiger partial charge in [0.2, 0.25) is 0 Å². The molecule has 0 aliphatic rings. The normalized spacial score (nSPS) is 11.1. The van der Waals surface area contributed by atoms with Crippen LogP contribution in [0, 0.1) is 0 Å². The zero-order chi connectivity index (χ0) is 32.7. The lowest BCUT2D eigenvalue weighted by Gasteiger charge is -2.18. The largest absolute Gasteiger partial charge is 0.506 e. The number of rotatable bonds is 8. The van der Waals surface area contributed by atoms with Crippen molar-refractivity contribution >= 4 is 21.9 Å². The quantitative estimate of drug-likeness (QED) is 0.195. The van der Waals surface area contributed by atoms with Gasteiger partial charge in [-0.1, -0.05) is 0 Å². The molecule has 234 valence electrons. The highest BCUT2D eigenvalue weighted by molar-refractivity contribution is 6.03. The molecule has 2 N–H and O–H groups in total. The van der Waals surface area contributed by atoms with Crippen molar-refractivity contribution in [1.82, 2.24) is 0 Å². The molecular weight excluding hydrogens is 596 g/mol. The summed E-state index contributed by atoms with van der Waals surface area (Å²) in [6, 6.07) is 17.2. The molecule has 6 aromatic rings. The smallest absolute Gasteiger partial charge is 0.197 e. The molecule has 0 saturated carbocycles. The van der Waals surface area contributed by atoms with E-state index in [0.29, 0.717) is 28.4 Å². The minimum atomic E-state index is -0.574. The molecule has 0 amide bonds. The summed E-state index contributed by atoms with van der Waals surface area (Å²) in [5.41, 5.74) is -0.116. The van der Waals surface area contributed by atoms with E-state index in [0.717, 1.165) is 0 Å². The van der Waals surface area contributed by atoms with Gasteiger partial charge in [0.15, 0.2) is 22.4 Å². The van der Waals surface area contributed by atoms with E-state index in [4.69, 9.17) is 32.5 Å². The average Bonchev–Trinajstić information content (AvgIpc) is 3.07. The van der Waals surface area contributed by atoms with E-state index in [1.54, 1.807) is 49.6 Å². The fraction of sp³-hybridized carbons (Fsp3) is 0.143. The Balaban J connectivity index is 1.56. The zero-order valence-electron chi connectivity index (χ0n) is 25.4. The fourth-order valence-electron chi connectivity index (χ4n) is 5.39. The minimum absolute atomic E-state index is 0.0123. The molecule has 11 nitrogen and oxygen atoms in total. The summed E-state index contributed by atoms with van der Waals surface area (Å²) in [5, 5.41) is 22.8.